The standard InChI is InChI=1S/C27H26N4.O2S/c1-17-21-12-13-24-23(26(21)31-30-17)16-22(18-6-3-2-4-7-18)25(29-24)19-8-10-20(11-9-19)27(28)14-5-15-27;1-3-2/h2-4,6-11,16H,5,12-15,28H2,1H3,(H,30,31);. The van der Waals surface area contributed by atoms with E-state index < -0.39 is 11.6 Å². The Bertz CT molecular complexity index is 1370. The zero-order valence-electron chi connectivity index (χ0n) is 19.0. The summed E-state index contributed by atoms with van der Waals surface area (Å²) in [5.41, 5.74) is 17.9. The largest absolute Gasteiger partial charge is 0.335 e. The molecule has 1 fully saturated rings. The van der Waals surface area contributed by atoms with Crippen molar-refractivity contribution in [1.29, 1.82) is 0 Å². The summed E-state index contributed by atoms with van der Waals surface area (Å²) in [7, 11) is 0. The molecule has 1 saturated carbocycles. The van der Waals surface area contributed by atoms with Gasteiger partial charge in [0.1, 0.15) is 0 Å². The van der Waals surface area contributed by atoms with Crippen molar-refractivity contribution in [2.45, 2.75) is 44.6 Å². The first-order valence-electron chi connectivity index (χ1n) is 11.5. The summed E-state index contributed by atoms with van der Waals surface area (Å²) in [4.78, 5) is 5.21. The van der Waals surface area contributed by atoms with Crippen LogP contribution in [0.5, 0.6) is 0 Å². The highest BCUT2D eigenvalue weighted by Gasteiger charge is 2.34. The number of fused-ring (bicyclic) bond motifs is 3. The van der Waals surface area contributed by atoms with Crippen LogP contribution in [0.4, 0.5) is 0 Å². The van der Waals surface area contributed by atoms with Gasteiger partial charge in [-0.05, 0) is 56.2 Å². The second-order valence-corrected chi connectivity index (χ2v) is 9.21. The van der Waals surface area contributed by atoms with Gasteiger partial charge in [0, 0.05) is 33.5 Å². The summed E-state index contributed by atoms with van der Waals surface area (Å²) in [6.07, 6.45) is 5.29. The molecule has 6 nitrogen and oxygen atoms in total. The summed E-state index contributed by atoms with van der Waals surface area (Å²) in [6, 6.07) is 21.6. The maximum absolute atomic E-state index is 8.29. The summed E-state index contributed by atoms with van der Waals surface area (Å²) in [6.45, 7) is 2.10. The average molecular weight is 471 g/mol. The van der Waals surface area contributed by atoms with Gasteiger partial charge in [-0.3, -0.25) is 10.1 Å². The summed E-state index contributed by atoms with van der Waals surface area (Å²) in [5, 5.41) is 7.78. The number of H-pyrrole nitrogens is 1. The molecular formula is C27H26N4O2S. The number of rotatable bonds is 3. The average Bonchev–Trinajstić information content (AvgIpc) is 3.24. The molecule has 34 heavy (non-hydrogen) atoms. The second kappa shape index (κ2) is 9.08. The second-order valence-electron chi connectivity index (χ2n) is 9.08. The topological polar surface area (TPSA) is 102 Å². The maximum atomic E-state index is 8.29. The lowest BCUT2D eigenvalue weighted by atomic mass is 9.72. The van der Waals surface area contributed by atoms with Gasteiger partial charge < -0.3 is 5.73 Å². The fraction of sp³-hybridized carbons (Fsp3) is 0.259. The molecular weight excluding hydrogens is 444 g/mol. The van der Waals surface area contributed by atoms with Crippen molar-refractivity contribution < 1.29 is 8.42 Å². The quantitative estimate of drug-likeness (QED) is 0.444. The Labute approximate surface area is 202 Å². The molecule has 2 aromatic carbocycles. The zero-order valence-corrected chi connectivity index (χ0v) is 19.8. The molecule has 4 aromatic rings. The van der Waals surface area contributed by atoms with Gasteiger partial charge in [0.25, 0.3) is 0 Å². The number of pyridine rings is 1. The zero-order chi connectivity index (χ0) is 23.7. The normalized spacial score (nSPS) is 15.2. The molecule has 0 unspecified atom stereocenters. The summed E-state index contributed by atoms with van der Waals surface area (Å²) >= 11 is -0.750. The third-order valence-electron chi connectivity index (χ3n) is 7.11. The van der Waals surface area contributed by atoms with Crippen LogP contribution in [-0.2, 0) is 30.0 Å². The first-order chi connectivity index (χ1) is 16.5. The highest BCUT2D eigenvalue weighted by Crippen LogP contribution is 2.42. The van der Waals surface area contributed by atoms with E-state index in [1.165, 1.54) is 23.1 Å². The number of nitrogens with two attached hydrogens (primary N) is 1. The Kier molecular flexibility index (Phi) is 5.98. The van der Waals surface area contributed by atoms with Crippen LogP contribution in [0.3, 0.4) is 0 Å². The van der Waals surface area contributed by atoms with E-state index in [-0.39, 0.29) is 5.54 Å². The van der Waals surface area contributed by atoms with Crippen LogP contribution in [0, 0.1) is 6.92 Å². The van der Waals surface area contributed by atoms with Crippen molar-refractivity contribution in [2.24, 2.45) is 5.73 Å². The molecule has 0 atom stereocenters. The van der Waals surface area contributed by atoms with Crippen LogP contribution in [0.15, 0.2) is 60.7 Å². The van der Waals surface area contributed by atoms with E-state index in [9.17, 15) is 0 Å². The van der Waals surface area contributed by atoms with Crippen LogP contribution in [0.2, 0.25) is 0 Å². The van der Waals surface area contributed by atoms with Crippen molar-refractivity contribution in [2.75, 3.05) is 0 Å². The Balaban J connectivity index is 0.000000764. The van der Waals surface area contributed by atoms with Gasteiger partial charge in [-0.2, -0.15) is 13.5 Å². The minimum Gasteiger partial charge on any atom is -0.321 e. The number of nitrogens with one attached hydrogen (secondary N) is 1. The Hall–Kier alpha value is -3.42. The molecule has 0 aliphatic heterocycles. The van der Waals surface area contributed by atoms with Crippen molar-refractivity contribution >= 4 is 11.6 Å². The Morgan fingerprint density at radius 1 is 0.912 bits per heavy atom. The van der Waals surface area contributed by atoms with E-state index in [4.69, 9.17) is 19.1 Å². The van der Waals surface area contributed by atoms with Crippen molar-refractivity contribution in [1.82, 2.24) is 15.2 Å². The van der Waals surface area contributed by atoms with Crippen LogP contribution in [0.1, 0.15) is 41.8 Å². The first kappa shape index (κ1) is 22.4. The predicted octanol–water partition coefficient (Wildman–Crippen LogP) is 4.88. The lowest BCUT2D eigenvalue weighted by molar-refractivity contribution is 0.253. The number of benzene rings is 2. The van der Waals surface area contributed by atoms with Crippen molar-refractivity contribution in [3.05, 3.63) is 83.2 Å². The first-order valence-corrected chi connectivity index (χ1v) is 12.2. The molecule has 0 saturated heterocycles. The minimum atomic E-state index is -0.750. The fourth-order valence-corrected chi connectivity index (χ4v) is 5.04. The van der Waals surface area contributed by atoms with Crippen molar-refractivity contribution in [3.63, 3.8) is 0 Å². The van der Waals surface area contributed by atoms with E-state index in [1.54, 1.807) is 0 Å². The smallest absolute Gasteiger partial charge is 0.321 e. The lowest BCUT2D eigenvalue weighted by Crippen LogP contribution is -2.43. The van der Waals surface area contributed by atoms with Gasteiger partial charge in [0.15, 0.2) is 0 Å². The predicted molar refractivity (Wildman–Crippen MR) is 133 cm³/mol. The summed E-state index contributed by atoms with van der Waals surface area (Å²) in [5.74, 6) is 0. The van der Waals surface area contributed by atoms with E-state index in [1.807, 2.05) is 0 Å². The third-order valence-corrected chi connectivity index (χ3v) is 7.11. The van der Waals surface area contributed by atoms with Crippen molar-refractivity contribution in [3.8, 4) is 33.6 Å². The van der Waals surface area contributed by atoms with Crippen LogP contribution < -0.4 is 5.73 Å². The molecule has 2 heterocycles. The molecule has 0 spiro atoms. The maximum Gasteiger partial charge on any atom is 0.335 e. The third kappa shape index (κ3) is 3.91. The number of aryl methyl sites for hydroxylation is 2. The number of hydrogen-bond acceptors (Lipinski definition) is 5. The minimum absolute atomic E-state index is 0.141. The van der Waals surface area contributed by atoms with Crippen LogP contribution in [0.25, 0.3) is 33.6 Å². The molecule has 172 valence electrons. The van der Waals surface area contributed by atoms with Crippen LogP contribution in [-0.4, -0.2) is 23.6 Å². The molecule has 7 heteroatoms. The monoisotopic (exact) mass is 470 g/mol. The highest BCUT2D eigenvalue weighted by molar-refractivity contribution is 7.51. The van der Waals surface area contributed by atoms with Gasteiger partial charge in [0.2, 0.25) is 0 Å². The molecule has 0 radical (unpaired) electrons. The lowest BCUT2D eigenvalue weighted by Gasteiger charge is -2.38. The number of nitrogens with zero attached hydrogens (tertiary/aromatic N) is 2. The van der Waals surface area contributed by atoms with Gasteiger partial charge in [-0.15, -0.1) is 0 Å². The summed E-state index contributed by atoms with van der Waals surface area (Å²) < 4.78 is 16.6. The van der Waals surface area contributed by atoms with E-state index in [0.717, 1.165) is 65.1 Å². The van der Waals surface area contributed by atoms with E-state index >= 15 is 0 Å². The molecule has 0 amide bonds. The highest BCUT2D eigenvalue weighted by atomic mass is 32.1. The van der Waals surface area contributed by atoms with Crippen LogP contribution >= 0.6 is 0 Å². The van der Waals surface area contributed by atoms with Gasteiger partial charge in [-0.1, -0.05) is 54.6 Å². The Morgan fingerprint density at radius 2 is 1.62 bits per heavy atom. The molecule has 3 N–H and O–H groups in total. The molecule has 0 bridgehead atoms. The van der Waals surface area contributed by atoms with Gasteiger partial charge >= 0.3 is 11.6 Å². The Morgan fingerprint density at radius 3 is 2.26 bits per heavy atom. The molecule has 6 rings (SSSR count). The van der Waals surface area contributed by atoms with Gasteiger partial charge in [0.05, 0.1) is 17.1 Å². The SMILES string of the molecule is Cc1[nH]nc2c1CCc1nc(-c3ccc(C4(N)CCC4)cc3)c(-c3ccccc3)cc1-2.O=S=O. The van der Waals surface area contributed by atoms with Gasteiger partial charge in [-0.25, -0.2) is 0 Å². The number of hydrogen-bond donors (Lipinski definition) is 2. The van der Waals surface area contributed by atoms with E-state index in [0.29, 0.717) is 0 Å². The van der Waals surface area contributed by atoms with E-state index in [2.05, 4.69) is 77.8 Å². The fourth-order valence-electron chi connectivity index (χ4n) is 5.04. The number of aromatic nitrogens is 3. The number of aromatic amines is 1. The molecule has 2 aromatic heterocycles. The molecule has 2 aliphatic rings. The molecule has 2 aliphatic carbocycles.